The molecule has 0 atom stereocenters. The first-order valence-corrected chi connectivity index (χ1v) is 14.0. The summed E-state index contributed by atoms with van der Waals surface area (Å²) in [7, 11) is -1.99. The molecule has 0 fully saturated rings. The summed E-state index contributed by atoms with van der Waals surface area (Å²) in [6, 6.07) is 50.5. The van der Waals surface area contributed by atoms with E-state index in [1.54, 1.807) is 0 Å². The molecule has 0 radical (unpaired) electrons. The number of hydrogen-bond donors (Lipinski definition) is 0. The third-order valence-corrected chi connectivity index (χ3v) is 11.1. The quantitative estimate of drug-likeness (QED) is 0.283. The molecule has 5 aromatic rings. The Balaban J connectivity index is 0.00000289. The summed E-state index contributed by atoms with van der Waals surface area (Å²) in [5, 5.41) is 5.05. The first-order chi connectivity index (χ1) is 16.8. The van der Waals surface area contributed by atoms with Crippen LogP contribution in [0.1, 0.15) is 16.7 Å². The largest absolute Gasteiger partial charge is 1.00 e. The highest BCUT2D eigenvalue weighted by molar-refractivity contribution is 7.95. The molecule has 0 heterocycles. The van der Waals surface area contributed by atoms with Gasteiger partial charge < -0.3 is 12.4 Å². The fraction of sp³-hybridized carbons (Fsp3) is 0.0625. The van der Waals surface area contributed by atoms with E-state index in [1.807, 2.05) is 12.1 Å². The van der Waals surface area contributed by atoms with Gasteiger partial charge in [-0.05, 0) is 59.2 Å². The molecule has 0 aliphatic carbocycles. The summed E-state index contributed by atoms with van der Waals surface area (Å²) in [5.41, 5.74) is 4.02. The van der Waals surface area contributed by atoms with Crippen molar-refractivity contribution >= 4 is 34.8 Å². The molecule has 0 aromatic heterocycles. The molecule has 0 unspecified atom stereocenters. The Morgan fingerprint density at radius 1 is 0.486 bits per heavy atom. The third kappa shape index (κ3) is 5.52. The fourth-order valence-corrected chi connectivity index (χ4v) is 9.39. The van der Waals surface area contributed by atoms with Gasteiger partial charge in [-0.3, -0.25) is 0 Å². The van der Waals surface area contributed by atoms with E-state index in [2.05, 4.69) is 127 Å². The third-order valence-electron chi connectivity index (χ3n) is 6.37. The SMILES string of the molecule is Clc1ccc(Cc2ccccc2[P+](Cc2ccccc2)(c2ccccc2)c2ccccc2)cc1.[Cl-]. The van der Waals surface area contributed by atoms with Gasteiger partial charge in [0.25, 0.3) is 0 Å². The zero-order valence-corrected chi connectivity index (χ0v) is 21.8. The van der Waals surface area contributed by atoms with Gasteiger partial charge in [-0.15, -0.1) is 0 Å². The monoisotopic (exact) mass is 512 g/mol. The smallest absolute Gasteiger partial charge is 0.116 e. The van der Waals surface area contributed by atoms with Gasteiger partial charge in [-0.25, -0.2) is 0 Å². The number of rotatable bonds is 7. The van der Waals surface area contributed by atoms with Gasteiger partial charge in [0, 0.05) is 11.4 Å². The Bertz CT molecular complexity index is 1300. The van der Waals surface area contributed by atoms with Crippen molar-refractivity contribution in [2.75, 3.05) is 0 Å². The molecule has 0 spiro atoms. The highest BCUT2D eigenvalue weighted by Crippen LogP contribution is 2.58. The summed E-state index contributed by atoms with van der Waals surface area (Å²) in [5.74, 6) is 0. The molecule has 0 saturated heterocycles. The lowest BCUT2D eigenvalue weighted by Crippen LogP contribution is -3.00. The van der Waals surface area contributed by atoms with Crippen LogP contribution < -0.4 is 28.3 Å². The van der Waals surface area contributed by atoms with Gasteiger partial charge in [0.05, 0.1) is 6.16 Å². The van der Waals surface area contributed by atoms with Gasteiger partial charge >= 0.3 is 0 Å². The topological polar surface area (TPSA) is 0 Å². The van der Waals surface area contributed by atoms with Crippen LogP contribution in [0.2, 0.25) is 5.02 Å². The number of halogens is 2. The Hall–Kier alpha value is -2.89. The van der Waals surface area contributed by atoms with Crippen LogP contribution in [0.5, 0.6) is 0 Å². The second-order valence-corrected chi connectivity index (χ2v) is 12.4. The number of hydrogen-bond acceptors (Lipinski definition) is 0. The molecule has 0 aliphatic heterocycles. The first-order valence-electron chi connectivity index (χ1n) is 11.6. The molecule has 5 aromatic carbocycles. The Morgan fingerprint density at radius 2 is 0.971 bits per heavy atom. The van der Waals surface area contributed by atoms with Crippen LogP contribution in [0.3, 0.4) is 0 Å². The van der Waals surface area contributed by atoms with Crippen molar-refractivity contribution in [3.63, 3.8) is 0 Å². The Morgan fingerprint density at radius 3 is 1.54 bits per heavy atom. The molecule has 0 nitrogen and oxygen atoms in total. The maximum atomic E-state index is 6.17. The minimum Gasteiger partial charge on any atom is -1.00 e. The van der Waals surface area contributed by atoms with Crippen LogP contribution in [-0.2, 0) is 12.6 Å². The molecule has 0 N–H and O–H groups in total. The van der Waals surface area contributed by atoms with Crippen LogP contribution >= 0.6 is 18.9 Å². The highest BCUT2D eigenvalue weighted by Gasteiger charge is 2.46. The molecule has 0 aliphatic rings. The minimum atomic E-state index is -1.99. The highest BCUT2D eigenvalue weighted by atomic mass is 35.5. The molecule has 0 amide bonds. The molecular weight excluding hydrogens is 486 g/mol. The summed E-state index contributed by atoms with van der Waals surface area (Å²) in [4.78, 5) is 0. The van der Waals surface area contributed by atoms with Crippen molar-refractivity contribution in [3.05, 3.63) is 161 Å². The average molecular weight is 513 g/mol. The summed E-state index contributed by atoms with van der Waals surface area (Å²) >= 11 is 6.17. The lowest BCUT2D eigenvalue weighted by atomic mass is 10.1. The molecule has 35 heavy (non-hydrogen) atoms. The van der Waals surface area contributed by atoms with E-state index < -0.39 is 7.26 Å². The van der Waals surface area contributed by atoms with Gasteiger partial charge in [0.1, 0.15) is 23.2 Å². The lowest BCUT2D eigenvalue weighted by Gasteiger charge is -2.29. The van der Waals surface area contributed by atoms with E-state index in [0.717, 1.165) is 17.6 Å². The zero-order chi connectivity index (χ0) is 23.2. The normalized spacial score (nSPS) is 11.0. The van der Waals surface area contributed by atoms with E-state index in [4.69, 9.17) is 11.6 Å². The van der Waals surface area contributed by atoms with Gasteiger partial charge in [-0.1, -0.05) is 109 Å². The summed E-state index contributed by atoms with van der Waals surface area (Å²) in [6.45, 7) is 0. The first kappa shape index (κ1) is 25.2. The van der Waals surface area contributed by atoms with Crippen molar-refractivity contribution in [1.29, 1.82) is 0 Å². The Labute approximate surface area is 220 Å². The second-order valence-electron chi connectivity index (χ2n) is 8.56. The van der Waals surface area contributed by atoms with E-state index in [0.29, 0.717) is 0 Å². The van der Waals surface area contributed by atoms with Crippen molar-refractivity contribution < 1.29 is 12.4 Å². The molecule has 174 valence electrons. The van der Waals surface area contributed by atoms with Crippen LogP contribution in [0, 0.1) is 0 Å². The minimum absolute atomic E-state index is 0. The molecule has 0 saturated carbocycles. The summed E-state index contributed by atoms with van der Waals surface area (Å²) in [6.07, 6.45) is 1.86. The van der Waals surface area contributed by atoms with Gasteiger partial charge in [-0.2, -0.15) is 0 Å². The van der Waals surface area contributed by atoms with Crippen molar-refractivity contribution in [2.24, 2.45) is 0 Å². The number of benzene rings is 5. The predicted molar refractivity (Wildman–Crippen MR) is 150 cm³/mol. The van der Waals surface area contributed by atoms with Crippen molar-refractivity contribution in [3.8, 4) is 0 Å². The van der Waals surface area contributed by atoms with Gasteiger partial charge in [0.2, 0.25) is 0 Å². The van der Waals surface area contributed by atoms with Crippen LogP contribution in [-0.4, -0.2) is 0 Å². The van der Waals surface area contributed by atoms with Crippen LogP contribution in [0.25, 0.3) is 0 Å². The standard InChI is InChI=1S/C32H27ClP.ClH/c33-29-22-20-26(21-23-29)24-28-14-10-11-19-32(28)34(30-15-6-2-7-16-30,31-17-8-3-9-18-31)25-27-12-4-1-5-13-27;/h1-23H,24-25H2;1H/q+1;/p-1. The van der Waals surface area contributed by atoms with Crippen LogP contribution in [0.4, 0.5) is 0 Å². The van der Waals surface area contributed by atoms with E-state index in [-0.39, 0.29) is 12.4 Å². The molecule has 0 bridgehead atoms. The van der Waals surface area contributed by atoms with E-state index in [1.165, 1.54) is 32.6 Å². The molecular formula is C32H27Cl2P. The molecule has 5 rings (SSSR count). The van der Waals surface area contributed by atoms with Crippen LogP contribution in [0.15, 0.2) is 140 Å². The predicted octanol–water partition coefficient (Wildman–Crippen LogP) is 4.43. The van der Waals surface area contributed by atoms with E-state index >= 15 is 0 Å². The average Bonchev–Trinajstić information content (AvgIpc) is 2.91. The zero-order valence-electron chi connectivity index (χ0n) is 19.4. The van der Waals surface area contributed by atoms with E-state index in [9.17, 15) is 0 Å². The lowest BCUT2D eigenvalue weighted by molar-refractivity contribution is -0.00000651. The maximum absolute atomic E-state index is 6.17. The fourth-order valence-electron chi connectivity index (χ4n) is 4.77. The Kier molecular flexibility index (Phi) is 8.42. The van der Waals surface area contributed by atoms with Crippen molar-refractivity contribution in [1.82, 2.24) is 0 Å². The maximum Gasteiger partial charge on any atom is 0.116 e. The summed E-state index contributed by atoms with van der Waals surface area (Å²) < 4.78 is 0. The van der Waals surface area contributed by atoms with Gasteiger partial charge in [0.15, 0.2) is 0 Å². The second kappa shape index (κ2) is 11.7. The molecule has 3 heteroatoms. The van der Waals surface area contributed by atoms with Crippen molar-refractivity contribution in [2.45, 2.75) is 12.6 Å².